The van der Waals surface area contributed by atoms with Crippen LogP contribution in [0.3, 0.4) is 0 Å². The molecule has 0 saturated heterocycles. The second kappa shape index (κ2) is 4.06. The van der Waals surface area contributed by atoms with Gasteiger partial charge in [0.25, 0.3) is 0 Å². The number of hydrogen-bond acceptors (Lipinski definition) is 3. The highest BCUT2D eigenvalue weighted by molar-refractivity contribution is 6.30. The summed E-state index contributed by atoms with van der Waals surface area (Å²) in [4.78, 5) is 4.36. The number of aryl methyl sites for hydroxylation is 1. The lowest BCUT2D eigenvalue weighted by molar-refractivity contribution is 0.748. The fourth-order valence-electron chi connectivity index (χ4n) is 1.46. The van der Waals surface area contributed by atoms with E-state index in [1.165, 1.54) is 0 Å². The zero-order chi connectivity index (χ0) is 10.8. The third kappa shape index (κ3) is 2.04. The Morgan fingerprint density at radius 2 is 2.33 bits per heavy atom. The second-order valence-electron chi connectivity index (χ2n) is 3.51. The van der Waals surface area contributed by atoms with Crippen molar-refractivity contribution in [3.63, 3.8) is 0 Å². The number of halogens is 1. The van der Waals surface area contributed by atoms with Crippen molar-refractivity contribution in [2.24, 2.45) is 0 Å². The first-order valence-electron chi connectivity index (χ1n) is 5.01. The van der Waals surface area contributed by atoms with Gasteiger partial charge < -0.3 is 5.73 Å². The van der Waals surface area contributed by atoms with Crippen LogP contribution in [0.2, 0.25) is 5.02 Å². The molecule has 0 spiro atoms. The minimum atomic E-state index is 0.567. The summed E-state index contributed by atoms with van der Waals surface area (Å²) in [6, 6.07) is 1.69. The van der Waals surface area contributed by atoms with Gasteiger partial charge in [-0.15, -0.1) is 0 Å². The lowest BCUT2D eigenvalue weighted by Crippen LogP contribution is -1.93. The fourth-order valence-corrected chi connectivity index (χ4v) is 1.67. The zero-order valence-electron chi connectivity index (χ0n) is 8.57. The molecule has 0 bridgehead atoms. The summed E-state index contributed by atoms with van der Waals surface area (Å²) in [6.07, 6.45) is 4.82. The number of anilines is 1. The smallest absolute Gasteiger partial charge is 0.178 e. The molecule has 0 aromatic carbocycles. The molecule has 0 fully saturated rings. The molecule has 2 aromatic rings. The Hall–Kier alpha value is -1.29. The van der Waals surface area contributed by atoms with Crippen LogP contribution in [-0.2, 0) is 6.42 Å². The van der Waals surface area contributed by atoms with Gasteiger partial charge in [-0.3, -0.25) is 0 Å². The first kappa shape index (κ1) is 10.2. The van der Waals surface area contributed by atoms with Crippen molar-refractivity contribution >= 4 is 22.9 Å². The van der Waals surface area contributed by atoms with Crippen LogP contribution in [-0.4, -0.2) is 14.6 Å². The summed E-state index contributed by atoms with van der Waals surface area (Å²) >= 11 is 5.87. The molecule has 0 aliphatic rings. The van der Waals surface area contributed by atoms with Crippen molar-refractivity contribution < 1.29 is 0 Å². The number of rotatable bonds is 3. The predicted molar refractivity (Wildman–Crippen MR) is 61.0 cm³/mol. The predicted octanol–water partition coefficient (Wildman–Crippen LogP) is 2.31. The van der Waals surface area contributed by atoms with Gasteiger partial charge in [0.1, 0.15) is 0 Å². The molecule has 0 radical (unpaired) electrons. The van der Waals surface area contributed by atoms with Crippen LogP contribution in [0.5, 0.6) is 0 Å². The van der Waals surface area contributed by atoms with Crippen molar-refractivity contribution in [2.45, 2.75) is 26.2 Å². The van der Waals surface area contributed by atoms with Gasteiger partial charge in [-0.25, -0.2) is 9.50 Å². The normalized spacial score (nSPS) is 11.1. The topological polar surface area (TPSA) is 56.2 Å². The number of fused-ring (bicyclic) bond motifs is 1. The summed E-state index contributed by atoms with van der Waals surface area (Å²) in [5, 5.41) is 4.89. The lowest BCUT2D eigenvalue weighted by Gasteiger charge is -1.95. The molecule has 0 atom stereocenters. The van der Waals surface area contributed by atoms with E-state index in [2.05, 4.69) is 17.0 Å². The van der Waals surface area contributed by atoms with Gasteiger partial charge in [0.05, 0.1) is 10.7 Å². The van der Waals surface area contributed by atoms with E-state index < -0.39 is 0 Å². The van der Waals surface area contributed by atoms with Crippen molar-refractivity contribution in [3.05, 3.63) is 23.1 Å². The van der Waals surface area contributed by atoms with Crippen molar-refractivity contribution in [1.29, 1.82) is 0 Å². The molecule has 2 aromatic heterocycles. The van der Waals surface area contributed by atoms with Gasteiger partial charge >= 0.3 is 0 Å². The number of unbranched alkanes of at least 4 members (excludes halogenated alkanes) is 1. The Balaban J connectivity index is 2.41. The molecule has 15 heavy (non-hydrogen) atoms. The van der Waals surface area contributed by atoms with Gasteiger partial charge in [0.15, 0.2) is 11.5 Å². The summed E-state index contributed by atoms with van der Waals surface area (Å²) < 4.78 is 1.64. The third-order valence-corrected chi connectivity index (χ3v) is 2.43. The number of pyridine rings is 1. The van der Waals surface area contributed by atoms with E-state index in [0.717, 1.165) is 25.1 Å². The first-order chi connectivity index (χ1) is 7.20. The molecule has 0 amide bonds. The van der Waals surface area contributed by atoms with Gasteiger partial charge in [-0.05, 0) is 12.5 Å². The third-order valence-electron chi connectivity index (χ3n) is 2.23. The minimum Gasteiger partial charge on any atom is -0.396 e. The SMILES string of the molecule is CCCCc1nc2c(N)cc(Cl)cn2n1. The average Bonchev–Trinajstić information content (AvgIpc) is 2.57. The summed E-state index contributed by atoms with van der Waals surface area (Å²) in [6.45, 7) is 2.14. The Morgan fingerprint density at radius 3 is 3.07 bits per heavy atom. The number of nitrogen functional groups attached to an aromatic ring is 1. The van der Waals surface area contributed by atoms with Crippen LogP contribution in [0.25, 0.3) is 5.65 Å². The van der Waals surface area contributed by atoms with Crippen molar-refractivity contribution in [3.8, 4) is 0 Å². The molecule has 0 aliphatic heterocycles. The van der Waals surface area contributed by atoms with Gasteiger partial charge in [0.2, 0.25) is 0 Å². The second-order valence-corrected chi connectivity index (χ2v) is 3.95. The zero-order valence-corrected chi connectivity index (χ0v) is 9.33. The maximum Gasteiger partial charge on any atom is 0.178 e. The highest BCUT2D eigenvalue weighted by Crippen LogP contribution is 2.17. The maximum absolute atomic E-state index is 5.87. The number of aromatic nitrogens is 3. The van der Waals surface area contributed by atoms with E-state index in [0.29, 0.717) is 16.4 Å². The monoisotopic (exact) mass is 224 g/mol. The van der Waals surface area contributed by atoms with Gasteiger partial charge in [-0.1, -0.05) is 24.9 Å². The van der Waals surface area contributed by atoms with Crippen LogP contribution in [0, 0.1) is 0 Å². The molecular weight excluding hydrogens is 212 g/mol. The van der Waals surface area contributed by atoms with E-state index in [9.17, 15) is 0 Å². The molecule has 0 aliphatic carbocycles. The Labute approximate surface area is 93.1 Å². The quantitative estimate of drug-likeness (QED) is 0.871. The van der Waals surface area contributed by atoms with Crippen LogP contribution in [0.1, 0.15) is 25.6 Å². The number of nitrogens with two attached hydrogens (primary N) is 1. The van der Waals surface area contributed by atoms with Gasteiger partial charge in [-0.2, -0.15) is 5.10 Å². The summed E-state index contributed by atoms with van der Waals surface area (Å²) in [7, 11) is 0. The van der Waals surface area contributed by atoms with E-state index in [1.807, 2.05) is 0 Å². The molecule has 0 unspecified atom stereocenters. The highest BCUT2D eigenvalue weighted by atomic mass is 35.5. The van der Waals surface area contributed by atoms with Crippen LogP contribution in [0.4, 0.5) is 5.69 Å². The Bertz CT molecular complexity index is 477. The fraction of sp³-hybridized carbons (Fsp3) is 0.400. The van der Waals surface area contributed by atoms with Crippen LogP contribution >= 0.6 is 11.6 Å². The Kier molecular flexibility index (Phi) is 2.77. The number of hydrogen-bond donors (Lipinski definition) is 1. The maximum atomic E-state index is 5.87. The highest BCUT2D eigenvalue weighted by Gasteiger charge is 2.06. The molecule has 5 heteroatoms. The molecule has 2 rings (SSSR count). The largest absolute Gasteiger partial charge is 0.396 e. The van der Waals surface area contributed by atoms with Crippen LogP contribution < -0.4 is 5.73 Å². The standard InChI is InChI=1S/C10H13ClN4/c1-2-3-4-9-13-10-8(12)5-7(11)6-15(10)14-9/h5-6H,2-4,12H2,1H3. The Morgan fingerprint density at radius 1 is 1.53 bits per heavy atom. The molecule has 0 saturated carbocycles. The first-order valence-corrected chi connectivity index (χ1v) is 5.38. The van der Waals surface area contributed by atoms with Crippen molar-refractivity contribution in [2.75, 3.05) is 5.73 Å². The van der Waals surface area contributed by atoms with Crippen LogP contribution in [0.15, 0.2) is 12.3 Å². The van der Waals surface area contributed by atoms with E-state index in [1.54, 1.807) is 16.8 Å². The van der Waals surface area contributed by atoms with E-state index in [-0.39, 0.29) is 0 Å². The average molecular weight is 225 g/mol. The summed E-state index contributed by atoms with van der Waals surface area (Å²) in [5.74, 6) is 0.825. The molecule has 4 nitrogen and oxygen atoms in total. The van der Waals surface area contributed by atoms with Gasteiger partial charge in [0, 0.05) is 12.6 Å². The molecular formula is C10H13ClN4. The summed E-state index contributed by atoms with van der Waals surface area (Å²) in [5.41, 5.74) is 7.04. The van der Waals surface area contributed by atoms with E-state index >= 15 is 0 Å². The molecule has 2 N–H and O–H groups in total. The van der Waals surface area contributed by atoms with Crippen molar-refractivity contribution in [1.82, 2.24) is 14.6 Å². The lowest BCUT2D eigenvalue weighted by atomic mass is 10.2. The van der Waals surface area contributed by atoms with E-state index in [4.69, 9.17) is 17.3 Å². The molecule has 2 heterocycles. The number of nitrogens with zero attached hydrogens (tertiary/aromatic N) is 3. The molecule has 80 valence electrons. The minimum absolute atomic E-state index is 0.567.